The number of ketones is 1. The Labute approximate surface area is 95.6 Å². The highest BCUT2D eigenvalue weighted by Crippen LogP contribution is 2.17. The Morgan fingerprint density at radius 1 is 1.69 bits per heavy atom. The third-order valence-electron chi connectivity index (χ3n) is 3.03. The van der Waals surface area contributed by atoms with Crippen LogP contribution in [0.25, 0.3) is 0 Å². The smallest absolute Gasteiger partial charge is 0.138 e. The van der Waals surface area contributed by atoms with Gasteiger partial charge in [-0.05, 0) is 24.8 Å². The standard InChI is InChI=1S/C12H18N2O2/c1-14-8-10(7-13-14)4-5-12(15)11-3-2-6-16-9-11/h7-8,11H,2-6,9H2,1H3. The Bertz CT molecular complexity index is 354. The molecule has 0 amide bonds. The summed E-state index contributed by atoms with van der Waals surface area (Å²) in [4.78, 5) is 11.9. The Balaban J connectivity index is 1.78. The maximum atomic E-state index is 11.9. The molecule has 4 heteroatoms. The topological polar surface area (TPSA) is 44.1 Å². The van der Waals surface area contributed by atoms with E-state index in [1.165, 1.54) is 0 Å². The summed E-state index contributed by atoms with van der Waals surface area (Å²) in [5.41, 5.74) is 1.13. The molecular formula is C12H18N2O2. The molecule has 1 aliphatic rings. The van der Waals surface area contributed by atoms with Crippen molar-refractivity contribution in [2.24, 2.45) is 13.0 Å². The second-order valence-corrected chi connectivity index (χ2v) is 4.40. The Kier molecular flexibility index (Phi) is 3.72. The highest BCUT2D eigenvalue weighted by atomic mass is 16.5. The number of hydrogen-bond acceptors (Lipinski definition) is 3. The summed E-state index contributed by atoms with van der Waals surface area (Å²) in [6, 6.07) is 0. The lowest BCUT2D eigenvalue weighted by molar-refractivity contribution is -0.126. The molecule has 1 aliphatic heterocycles. The van der Waals surface area contributed by atoms with Crippen LogP contribution in [-0.2, 0) is 23.0 Å². The van der Waals surface area contributed by atoms with E-state index in [-0.39, 0.29) is 5.92 Å². The summed E-state index contributed by atoms with van der Waals surface area (Å²) < 4.78 is 7.09. The van der Waals surface area contributed by atoms with Crippen molar-refractivity contribution < 1.29 is 9.53 Å². The van der Waals surface area contributed by atoms with Crippen LogP contribution in [0, 0.1) is 5.92 Å². The van der Waals surface area contributed by atoms with Crippen LogP contribution in [0.4, 0.5) is 0 Å². The van der Waals surface area contributed by atoms with Gasteiger partial charge in [0.1, 0.15) is 5.78 Å². The van der Waals surface area contributed by atoms with Crippen molar-refractivity contribution in [3.05, 3.63) is 18.0 Å². The zero-order valence-electron chi connectivity index (χ0n) is 9.69. The normalized spacial score (nSPS) is 20.9. The summed E-state index contributed by atoms with van der Waals surface area (Å²) in [5, 5.41) is 4.09. The van der Waals surface area contributed by atoms with Crippen LogP contribution in [0.2, 0.25) is 0 Å². The van der Waals surface area contributed by atoms with Crippen LogP contribution in [0.15, 0.2) is 12.4 Å². The minimum absolute atomic E-state index is 0.130. The minimum atomic E-state index is 0.130. The molecule has 0 radical (unpaired) electrons. The molecule has 1 aromatic rings. The number of nitrogens with zero attached hydrogens (tertiary/aromatic N) is 2. The van der Waals surface area contributed by atoms with Crippen LogP contribution in [0.3, 0.4) is 0 Å². The molecule has 16 heavy (non-hydrogen) atoms. The summed E-state index contributed by atoms with van der Waals surface area (Å²) in [5.74, 6) is 0.467. The number of ether oxygens (including phenoxy) is 1. The molecule has 0 spiro atoms. The fourth-order valence-corrected chi connectivity index (χ4v) is 2.07. The van der Waals surface area contributed by atoms with Crippen LogP contribution < -0.4 is 0 Å². The largest absolute Gasteiger partial charge is 0.381 e. The number of hydrogen-bond donors (Lipinski definition) is 0. The quantitative estimate of drug-likeness (QED) is 0.772. The van der Waals surface area contributed by atoms with Crippen molar-refractivity contribution in [3.63, 3.8) is 0 Å². The first-order chi connectivity index (χ1) is 7.75. The number of carbonyl (C=O) groups excluding carboxylic acids is 1. The fourth-order valence-electron chi connectivity index (χ4n) is 2.07. The van der Waals surface area contributed by atoms with E-state index in [1.54, 1.807) is 4.68 Å². The SMILES string of the molecule is Cn1cc(CCC(=O)C2CCCOC2)cn1. The molecule has 1 atom stereocenters. The highest BCUT2D eigenvalue weighted by Gasteiger charge is 2.21. The number of Topliss-reactive ketones (excluding diaryl/α,β-unsaturated/α-hetero) is 1. The van der Waals surface area contributed by atoms with Crippen LogP contribution in [0.5, 0.6) is 0 Å². The van der Waals surface area contributed by atoms with Gasteiger partial charge in [-0.3, -0.25) is 9.48 Å². The van der Waals surface area contributed by atoms with Gasteiger partial charge in [0.25, 0.3) is 0 Å². The van der Waals surface area contributed by atoms with E-state index in [0.717, 1.165) is 31.4 Å². The second-order valence-electron chi connectivity index (χ2n) is 4.40. The number of rotatable bonds is 4. The molecule has 0 N–H and O–H groups in total. The van der Waals surface area contributed by atoms with Crippen LogP contribution in [0.1, 0.15) is 24.8 Å². The van der Waals surface area contributed by atoms with Gasteiger partial charge in [-0.15, -0.1) is 0 Å². The van der Waals surface area contributed by atoms with Crippen molar-refractivity contribution in [2.45, 2.75) is 25.7 Å². The molecule has 88 valence electrons. The van der Waals surface area contributed by atoms with E-state index in [1.807, 2.05) is 19.4 Å². The fraction of sp³-hybridized carbons (Fsp3) is 0.667. The highest BCUT2D eigenvalue weighted by molar-refractivity contribution is 5.81. The average Bonchev–Trinajstić information content (AvgIpc) is 2.73. The zero-order chi connectivity index (χ0) is 11.4. The third-order valence-corrected chi connectivity index (χ3v) is 3.03. The van der Waals surface area contributed by atoms with Crippen molar-refractivity contribution in [1.82, 2.24) is 9.78 Å². The molecular weight excluding hydrogens is 204 g/mol. The summed E-state index contributed by atoms with van der Waals surface area (Å²) >= 11 is 0. The Morgan fingerprint density at radius 3 is 3.19 bits per heavy atom. The van der Waals surface area contributed by atoms with Gasteiger partial charge in [-0.1, -0.05) is 0 Å². The van der Waals surface area contributed by atoms with Gasteiger partial charge in [0.2, 0.25) is 0 Å². The maximum absolute atomic E-state index is 11.9. The van der Waals surface area contributed by atoms with E-state index >= 15 is 0 Å². The van der Waals surface area contributed by atoms with Gasteiger partial charge in [-0.2, -0.15) is 5.10 Å². The second kappa shape index (κ2) is 5.25. The van der Waals surface area contributed by atoms with Crippen molar-refractivity contribution >= 4 is 5.78 Å². The first kappa shape index (κ1) is 11.3. The van der Waals surface area contributed by atoms with E-state index in [0.29, 0.717) is 18.8 Å². The molecule has 1 aromatic heterocycles. The molecule has 1 unspecified atom stereocenters. The molecule has 4 nitrogen and oxygen atoms in total. The Morgan fingerprint density at radius 2 is 2.56 bits per heavy atom. The first-order valence-corrected chi connectivity index (χ1v) is 5.83. The van der Waals surface area contributed by atoms with Crippen molar-refractivity contribution in [3.8, 4) is 0 Å². The maximum Gasteiger partial charge on any atom is 0.138 e. The third kappa shape index (κ3) is 2.92. The van der Waals surface area contributed by atoms with Gasteiger partial charge < -0.3 is 4.74 Å². The zero-order valence-corrected chi connectivity index (χ0v) is 9.69. The van der Waals surface area contributed by atoms with E-state index in [2.05, 4.69) is 5.10 Å². The lowest BCUT2D eigenvalue weighted by Crippen LogP contribution is -2.25. The molecule has 1 fully saturated rings. The summed E-state index contributed by atoms with van der Waals surface area (Å²) in [6.45, 7) is 1.43. The monoisotopic (exact) mass is 222 g/mol. The predicted molar refractivity (Wildman–Crippen MR) is 60.1 cm³/mol. The number of aryl methyl sites for hydroxylation is 2. The van der Waals surface area contributed by atoms with E-state index in [4.69, 9.17) is 4.74 Å². The molecule has 2 heterocycles. The van der Waals surface area contributed by atoms with Gasteiger partial charge >= 0.3 is 0 Å². The molecule has 1 saturated heterocycles. The van der Waals surface area contributed by atoms with Gasteiger partial charge in [0, 0.05) is 32.2 Å². The predicted octanol–water partition coefficient (Wildman–Crippen LogP) is 1.35. The molecule has 2 rings (SSSR count). The lowest BCUT2D eigenvalue weighted by Gasteiger charge is -2.20. The Hall–Kier alpha value is -1.16. The van der Waals surface area contributed by atoms with Gasteiger partial charge in [-0.25, -0.2) is 0 Å². The van der Waals surface area contributed by atoms with Gasteiger partial charge in [0.15, 0.2) is 0 Å². The molecule has 0 bridgehead atoms. The molecule has 0 aromatic carbocycles. The number of aromatic nitrogens is 2. The van der Waals surface area contributed by atoms with Crippen LogP contribution in [-0.4, -0.2) is 28.8 Å². The van der Waals surface area contributed by atoms with Crippen molar-refractivity contribution in [1.29, 1.82) is 0 Å². The molecule has 0 saturated carbocycles. The average molecular weight is 222 g/mol. The number of carbonyl (C=O) groups is 1. The summed E-state index contributed by atoms with van der Waals surface area (Å²) in [6.07, 6.45) is 7.20. The lowest BCUT2D eigenvalue weighted by atomic mass is 9.94. The summed E-state index contributed by atoms with van der Waals surface area (Å²) in [7, 11) is 1.89. The minimum Gasteiger partial charge on any atom is -0.381 e. The van der Waals surface area contributed by atoms with E-state index < -0.39 is 0 Å². The van der Waals surface area contributed by atoms with E-state index in [9.17, 15) is 4.79 Å². The van der Waals surface area contributed by atoms with Crippen molar-refractivity contribution in [2.75, 3.05) is 13.2 Å². The first-order valence-electron chi connectivity index (χ1n) is 5.83. The van der Waals surface area contributed by atoms with Crippen LogP contribution >= 0.6 is 0 Å². The van der Waals surface area contributed by atoms with Gasteiger partial charge in [0.05, 0.1) is 12.8 Å². The molecule has 0 aliphatic carbocycles.